The van der Waals surface area contributed by atoms with Crippen LogP contribution in [-0.4, -0.2) is 63.7 Å². The Morgan fingerprint density at radius 1 is 0.932 bits per heavy atom. The van der Waals surface area contributed by atoms with E-state index in [9.17, 15) is 18.0 Å². The summed E-state index contributed by atoms with van der Waals surface area (Å²) in [6.07, 6.45) is 3.62. The molecule has 1 aliphatic rings. The fourth-order valence-corrected chi connectivity index (χ4v) is 6.18. The SMILES string of the molecule is CCCCNC(=O)[C@@H](Cc1ccccc1)N(Cc1ccccc1C)C(=O)CCCN(c1ccc2c(c1)OCCO2)S(C)(=O)=O. The number of hydrogen-bond acceptors (Lipinski definition) is 6. The lowest BCUT2D eigenvalue weighted by atomic mass is 10.0. The van der Waals surface area contributed by atoms with Crippen LogP contribution in [0.2, 0.25) is 0 Å². The number of sulfonamides is 1. The van der Waals surface area contributed by atoms with Crippen molar-refractivity contribution < 1.29 is 27.5 Å². The van der Waals surface area contributed by atoms with E-state index in [1.165, 1.54) is 4.31 Å². The molecule has 1 atom stereocenters. The second kappa shape index (κ2) is 15.6. The first-order valence-corrected chi connectivity index (χ1v) is 17.0. The average molecular weight is 622 g/mol. The van der Waals surface area contributed by atoms with E-state index in [1.54, 1.807) is 23.1 Å². The van der Waals surface area contributed by atoms with Gasteiger partial charge in [-0.2, -0.15) is 0 Å². The van der Waals surface area contributed by atoms with Crippen LogP contribution in [0.15, 0.2) is 72.8 Å². The lowest BCUT2D eigenvalue weighted by Crippen LogP contribution is -2.50. The van der Waals surface area contributed by atoms with Crippen molar-refractivity contribution in [2.45, 2.75) is 58.5 Å². The minimum Gasteiger partial charge on any atom is -0.486 e. The molecule has 10 heteroatoms. The third kappa shape index (κ3) is 8.98. The highest BCUT2D eigenvalue weighted by atomic mass is 32.2. The fraction of sp³-hybridized carbons (Fsp3) is 0.412. The van der Waals surface area contributed by atoms with Crippen LogP contribution in [0.1, 0.15) is 49.3 Å². The van der Waals surface area contributed by atoms with E-state index in [2.05, 4.69) is 12.2 Å². The molecule has 0 saturated heterocycles. The summed E-state index contributed by atoms with van der Waals surface area (Å²) in [5.41, 5.74) is 3.37. The summed E-state index contributed by atoms with van der Waals surface area (Å²) in [4.78, 5) is 29.3. The molecule has 0 saturated carbocycles. The molecule has 0 unspecified atom stereocenters. The van der Waals surface area contributed by atoms with Crippen molar-refractivity contribution in [1.82, 2.24) is 10.2 Å². The van der Waals surface area contributed by atoms with Gasteiger partial charge < -0.3 is 19.7 Å². The van der Waals surface area contributed by atoms with Gasteiger partial charge in [0.2, 0.25) is 21.8 Å². The van der Waals surface area contributed by atoms with Gasteiger partial charge in [-0.05, 0) is 48.6 Å². The smallest absolute Gasteiger partial charge is 0.243 e. The predicted octanol–water partition coefficient (Wildman–Crippen LogP) is 4.87. The number of benzene rings is 3. The fourth-order valence-electron chi connectivity index (χ4n) is 5.22. The molecule has 0 fully saturated rings. The maximum Gasteiger partial charge on any atom is 0.243 e. The zero-order valence-corrected chi connectivity index (χ0v) is 26.6. The van der Waals surface area contributed by atoms with Crippen molar-refractivity contribution in [3.8, 4) is 11.5 Å². The minimum absolute atomic E-state index is 0.0655. The number of hydrogen-bond donors (Lipinski definition) is 1. The summed E-state index contributed by atoms with van der Waals surface area (Å²) in [7, 11) is -3.65. The number of anilines is 1. The largest absolute Gasteiger partial charge is 0.486 e. The van der Waals surface area contributed by atoms with Crippen molar-refractivity contribution in [3.63, 3.8) is 0 Å². The summed E-state index contributed by atoms with van der Waals surface area (Å²) in [6, 6.07) is 21.8. The molecule has 2 amide bonds. The Hall–Kier alpha value is -4.05. The molecule has 1 aliphatic heterocycles. The monoisotopic (exact) mass is 621 g/mol. The van der Waals surface area contributed by atoms with Crippen molar-refractivity contribution >= 4 is 27.5 Å². The normalized spacial score (nSPS) is 13.2. The number of nitrogens with one attached hydrogen (secondary N) is 1. The standard InChI is InChI=1S/C34H43N3O6S/c1-4-5-19-35-34(39)30(23-27-13-7-6-8-14-27)36(25-28-15-10-9-12-26(28)2)33(38)16-11-20-37(44(3,40)41)29-17-18-31-32(24-29)43-22-21-42-31/h6-10,12-15,17-18,24,30H,4-5,11,16,19-23,25H2,1-3H3,(H,35,39)/t30-/m1/s1. The minimum atomic E-state index is -3.65. The molecule has 0 bridgehead atoms. The van der Waals surface area contributed by atoms with Gasteiger partial charge in [-0.25, -0.2) is 8.42 Å². The lowest BCUT2D eigenvalue weighted by Gasteiger charge is -2.32. The Morgan fingerprint density at radius 3 is 2.34 bits per heavy atom. The van der Waals surface area contributed by atoms with Crippen LogP contribution in [0.5, 0.6) is 11.5 Å². The molecule has 1 heterocycles. The summed E-state index contributed by atoms with van der Waals surface area (Å²) < 4.78 is 38.2. The summed E-state index contributed by atoms with van der Waals surface area (Å²) in [5, 5.41) is 3.04. The van der Waals surface area contributed by atoms with Crippen LogP contribution in [0.4, 0.5) is 5.69 Å². The highest BCUT2D eigenvalue weighted by Gasteiger charge is 2.31. The van der Waals surface area contributed by atoms with Gasteiger partial charge in [0.25, 0.3) is 0 Å². The van der Waals surface area contributed by atoms with Crippen LogP contribution < -0.4 is 19.1 Å². The Bertz CT molecular complexity index is 1510. The number of carbonyl (C=O) groups is 2. The molecule has 0 radical (unpaired) electrons. The first-order valence-electron chi connectivity index (χ1n) is 15.2. The molecule has 0 aliphatic carbocycles. The molecule has 3 aromatic rings. The molecule has 9 nitrogen and oxygen atoms in total. The van der Waals surface area contributed by atoms with Gasteiger partial charge in [0.1, 0.15) is 19.3 Å². The lowest BCUT2D eigenvalue weighted by molar-refractivity contribution is -0.141. The zero-order chi connectivity index (χ0) is 31.5. The predicted molar refractivity (Wildman–Crippen MR) is 172 cm³/mol. The van der Waals surface area contributed by atoms with Crippen molar-refractivity contribution in [2.75, 3.05) is 36.9 Å². The number of ether oxygens (including phenoxy) is 2. The molecule has 44 heavy (non-hydrogen) atoms. The third-order valence-corrected chi connectivity index (χ3v) is 8.86. The zero-order valence-electron chi connectivity index (χ0n) is 25.8. The molecular weight excluding hydrogens is 578 g/mol. The number of aryl methyl sites for hydroxylation is 1. The number of unbranched alkanes of at least 4 members (excludes halogenated alkanes) is 1. The van der Waals surface area contributed by atoms with Gasteiger partial charge in [0.05, 0.1) is 11.9 Å². The number of carbonyl (C=O) groups excluding carboxylic acids is 2. The van der Waals surface area contributed by atoms with E-state index in [1.807, 2.05) is 61.5 Å². The van der Waals surface area contributed by atoms with E-state index in [4.69, 9.17) is 9.47 Å². The van der Waals surface area contributed by atoms with Crippen LogP contribution in [0.25, 0.3) is 0 Å². The number of nitrogens with zero attached hydrogens (tertiary/aromatic N) is 2. The van der Waals surface area contributed by atoms with Crippen LogP contribution in [-0.2, 0) is 32.6 Å². The third-order valence-electron chi connectivity index (χ3n) is 7.67. The molecule has 1 N–H and O–H groups in total. The van der Waals surface area contributed by atoms with Crippen molar-refractivity contribution in [1.29, 1.82) is 0 Å². The Labute approximate surface area is 261 Å². The second-order valence-corrected chi connectivity index (χ2v) is 13.0. The number of rotatable bonds is 15. The summed E-state index contributed by atoms with van der Waals surface area (Å²) in [6.45, 7) is 5.76. The Morgan fingerprint density at radius 2 is 1.64 bits per heavy atom. The number of fused-ring (bicyclic) bond motifs is 1. The van der Waals surface area contributed by atoms with Crippen molar-refractivity contribution in [2.24, 2.45) is 0 Å². The van der Waals surface area contributed by atoms with Gasteiger partial charge in [-0.3, -0.25) is 13.9 Å². The van der Waals surface area contributed by atoms with Gasteiger partial charge >= 0.3 is 0 Å². The summed E-state index contributed by atoms with van der Waals surface area (Å²) in [5.74, 6) is 0.645. The second-order valence-electron chi connectivity index (χ2n) is 11.1. The summed E-state index contributed by atoms with van der Waals surface area (Å²) >= 11 is 0. The van der Waals surface area contributed by atoms with Gasteiger partial charge in [0, 0.05) is 38.5 Å². The molecule has 0 spiro atoms. The van der Waals surface area contributed by atoms with Gasteiger partial charge in [-0.15, -0.1) is 0 Å². The maximum atomic E-state index is 14.0. The van der Waals surface area contributed by atoms with E-state index in [0.29, 0.717) is 43.4 Å². The maximum absolute atomic E-state index is 14.0. The van der Waals surface area contributed by atoms with Gasteiger partial charge in [0.15, 0.2) is 11.5 Å². The molecule has 3 aromatic carbocycles. The quantitative estimate of drug-likeness (QED) is 0.243. The van der Waals surface area contributed by atoms with E-state index >= 15 is 0 Å². The van der Waals surface area contributed by atoms with Crippen LogP contribution in [0.3, 0.4) is 0 Å². The van der Waals surface area contributed by atoms with Crippen LogP contribution in [0, 0.1) is 6.92 Å². The molecule has 236 valence electrons. The van der Waals surface area contributed by atoms with E-state index in [-0.39, 0.29) is 37.7 Å². The average Bonchev–Trinajstić information content (AvgIpc) is 3.01. The Balaban J connectivity index is 1.57. The first-order chi connectivity index (χ1) is 21.2. The first kappa shape index (κ1) is 32.9. The molecular formula is C34H43N3O6S. The van der Waals surface area contributed by atoms with E-state index in [0.717, 1.165) is 35.8 Å². The number of amides is 2. The van der Waals surface area contributed by atoms with Crippen molar-refractivity contribution in [3.05, 3.63) is 89.5 Å². The Kier molecular flexibility index (Phi) is 11.7. The molecule has 4 rings (SSSR count). The van der Waals surface area contributed by atoms with E-state index < -0.39 is 16.1 Å². The molecule has 0 aromatic heterocycles. The highest BCUT2D eigenvalue weighted by Crippen LogP contribution is 2.35. The van der Waals surface area contributed by atoms with Gasteiger partial charge in [-0.1, -0.05) is 67.9 Å². The van der Waals surface area contributed by atoms with Crippen LogP contribution >= 0.6 is 0 Å². The topological polar surface area (TPSA) is 105 Å². The highest BCUT2D eigenvalue weighted by molar-refractivity contribution is 7.92.